The number of benzene rings is 1. The fourth-order valence-electron chi connectivity index (χ4n) is 1.27. The zero-order valence-electron chi connectivity index (χ0n) is 10.1. The van der Waals surface area contributed by atoms with Crippen molar-refractivity contribution in [1.82, 2.24) is 0 Å². The normalized spacial score (nSPS) is 9.16. The first kappa shape index (κ1) is 21.2. The molecule has 0 N–H and O–H groups in total. The Hall–Kier alpha value is -0.150. The van der Waals surface area contributed by atoms with E-state index in [9.17, 15) is 29.9 Å². The van der Waals surface area contributed by atoms with E-state index < -0.39 is 34.0 Å². The van der Waals surface area contributed by atoms with Crippen LogP contribution in [0.15, 0.2) is 18.2 Å². The van der Waals surface area contributed by atoms with Gasteiger partial charge in [-0.1, -0.05) is 11.6 Å². The minimum atomic E-state index is -2.22. The van der Waals surface area contributed by atoms with Crippen molar-refractivity contribution in [3.63, 3.8) is 0 Å². The van der Waals surface area contributed by atoms with Crippen LogP contribution in [0.3, 0.4) is 0 Å². The number of nitro benzene ring substituents is 1. The zero-order valence-corrected chi connectivity index (χ0v) is 14.8. The van der Waals surface area contributed by atoms with E-state index in [1.165, 1.54) is 0 Å². The van der Waals surface area contributed by atoms with Gasteiger partial charge >= 0.3 is 59.1 Å². The van der Waals surface area contributed by atoms with Crippen molar-refractivity contribution in [3.05, 3.63) is 38.9 Å². The van der Waals surface area contributed by atoms with E-state index in [1.807, 2.05) is 0 Å². The summed E-state index contributed by atoms with van der Waals surface area (Å²) in [7, 11) is 0. The van der Waals surface area contributed by atoms with Gasteiger partial charge < -0.3 is 19.8 Å². The summed E-state index contributed by atoms with van der Waals surface area (Å²) in [6.45, 7) is 0. The molecule has 19 heavy (non-hydrogen) atoms. The minimum Gasteiger partial charge on any atom is -0.549 e. The van der Waals surface area contributed by atoms with Crippen LogP contribution >= 0.6 is 11.6 Å². The molecule has 0 fully saturated rings. The number of nitro groups is 1. The Balaban J connectivity index is 0. The van der Waals surface area contributed by atoms with Gasteiger partial charge in [0.15, 0.2) is 0 Å². The van der Waals surface area contributed by atoms with E-state index in [0.29, 0.717) is 0 Å². The first-order valence-corrected chi connectivity index (χ1v) is 4.58. The molecule has 0 aliphatic rings. The van der Waals surface area contributed by atoms with Crippen LogP contribution in [0.2, 0.25) is 5.02 Å². The third kappa shape index (κ3) is 5.39. The van der Waals surface area contributed by atoms with Gasteiger partial charge in [0.05, 0.1) is 22.8 Å². The molecule has 0 atom stereocenters. The van der Waals surface area contributed by atoms with Crippen LogP contribution in [0.1, 0.15) is 11.5 Å². The number of hydrogen-bond donors (Lipinski definition) is 0. The molecule has 1 rings (SSSR count). The van der Waals surface area contributed by atoms with Crippen molar-refractivity contribution in [2.45, 2.75) is 5.92 Å². The van der Waals surface area contributed by atoms with Gasteiger partial charge in [-0.25, -0.2) is 0 Å². The fourth-order valence-corrected chi connectivity index (χ4v) is 1.44. The largest absolute Gasteiger partial charge is 1.00 e. The van der Waals surface area contributed by atoms with Crippen LogP contribution in [0.4, 0.5) is 5.69 Å². The molecule has 0 heterocycles. The maximum atomic E-state index is 10.6. The van der Waals surface area contributed by atoms with Crippen LogP contribution in [0.5, 0.6) is 0 Å². The van der Waals surface area contributed by atoms with Gasteiger partial charge in [-0.15, -0.1) is 0 Å². The SMILES string of the molecule is O=C([O-])C(C(=O)[O-])c1ccc(Cl)cc1[N+](=O)[O-].[Na+].[Na+]. The molecule has 10 heteroatoms. The van der Waals surface area contributed by atoms with Gasteiger partial charge in [-0.3, -0.25) is 10.1 Å². The predicted octanol–water partition coefficient (Wildman–Crippen LogP) is -7.16. The Bertz CT molecular complexity index is 495. The van der Waals surface area contributed by atoms with Crippen LogP contribution in [0, 0.1) is 10.1 Å². The molecule has 1 aromatic rings. The first-order chi connectivity index (χ1) is 7.84. The van der Waals surface area contributed by atoms with Gasteiger partial charge in [0.2, 0.25) is 0 Å². The molecule has 7 nitrogen and oxygen atoms in total. The molecule has 0 saturated heterocycles. The smallest absolute Gasteiger partial charge is 0.549 e. The number of halogens is 1. The average molecular weight is 304 g/mol. The van der Waals surface area contributed by atoms with Crippen LogP contribution < -0.4 is 69.3 Å². The van der Waals surface area contributed by atoms with Gasteiger partial charge in [0, 0.05) is 16.7 Å². The Morgan fingerprint density at radius 3 is 2.00 bits per heavy atom. The molecule has 0 aliphatic carbocycles. The van der Waals surface area contributed by atoms with Crippen molar-refractivity contribution in [2.75, 3.05) is 0 Å². The number of carboxylic acid groups (broad SMARTS) is 2. The summed E-state index contributed by atoms with van der Waals surface area (Å²) in [6.07, 6.45) is 0. The second-order valence-electron chi connectivity index (χ2n) is 3.03. The van der Waals surface area contributed by atoms with Crippen LogP contribution in [-0.4, -0.2) is 16.9 Å². The Morgan fingerprint density at radius 2 is 1.63 bits per heavy atom. The first-order valence-electron chi connectivity index (χ1n) is 4.20. The molecule has 90 valence electrons. The number of rotatable bonds is 4. The van der Waals surface area contributed by atoms with Crippen LogP contribution in [0.25, 0.3) is 0 Å². The molecular formula is C9H4ClNNa2O6. The van der Waals surface area contributed by atoms with Gasteiger partial charge in [0.1, 0.15) is 0 Å². The summed E-state index contributed by atoms with van der Waals surface area (Å²) in [5, 5.41) is 31.9. The van der Waals surface area contributed by atoms with Gasteiger partial charge in [0.25, 0.3) is 5.69 Å². The summed E-state index contributed by atoms with van der Waals surface area (Å²) in [6, 6.07) is 2.94. The summed E-state index contributed by atoms with van der Waals surface area (Å²) < 4.78 is 0. The summed E-state index contributed by atoms with van der Waals surface area (Å²) in [5.74, 6) is -6.20. The fraction of sp³-hybridized carbons (Fsp3) is 0.111. The van der Waals surface area contributed by atoms with Crippen molar-refractivity contribution in [3.8, 4) is 0 Å². The molecule has 0 aromatic heterocycles. The number of hydrogen-bond acceptors (Lipinski definition) is 6. The van der Waals surface area contributed by atoms with Gasteiger partial charge in [-0.05, 0) is 12.1 Å². The molecular weight excluding hydrogens is 300 g/mol. The van der Waals surface area contributed by atoms with E-state index in [1.54, 1.807) is 0 Å². The standard InChI is InChI=1S/C9H6ClNO6.2Na/c10-4-1-2-5(6(3-4)11(16)17)7(8(12)13)9(14)15;;/h1-3,7H,(H,12,13)(H,14,15);;/q;2*+1/p-2. The van der Waals surface area contributed by atoms with E-state index in [2.05, 4.69) is 0 Å². The van der Waals surface area contributed by atoms with Crippen LogP contribution in [-0.2, 0) is 9.59 Å². The monoisotopic (exact) mass is 303 g/mol. The maximum Gasteiger partial charge on any atom is 1.00 e. The van der Waals surface area contributed by atoms with Crippen molar-refractivity contribution in [1.29, 1.82) is 0 Å². The van der Waals surface area contributed by atoms with E-state index >= 15 is 0 Å². The predicted molar refractivity (Wildman–Crippen MR) is 50.9 cm³/mol. The Labute approximate surface area is 156 Å². The average Bonchev–Trinajstić information content (AvgIpc) is 2.19. The topological polar surface area (TPSA) is 123 Å². The minimum absolute atomic E-state index is 0. The number of carbonyl (C=O) groups is 2. The molecule has 0 bridgehead atoms. The molecule has 0 aliphatic heterocycles. The summed E-state index contributed by atoms with van der Waals surface area (Å²) >= 11 is 5.49. The molecule has 0 spiro atoms. The molecule has 0 unspecified atom stereocenters. The third-order valence-corrected chi connectivity index (χ3v) is 2.21. The third-order valence-electron chi connectivity index (χ3n) is 1.97. The van der Waals surface area contributed by atoms with E-state index in [4.69, 9.17) is 11.6 Å². The quantitative estimate of drug-likeness (QED) is 0.236. The second-order valence-corrected chi connectivity index (χ2v) is 3.47. The second kappa shape index (κ2) is 8.91. The van der Waals surface area contributed by atoms with E-state index in [0.717, 1.165) is 18.2 Å². The number of carboxylic acids is 2. The van der Waals surface area contributed by atoms with Crippen molar-refractivity contribution >= 4 is 29.2 Å². The van der Waals surface area contributed by atoms with Gasteiger partial charge in [-0.2, -0.15) is 0 Å². The van der Waals surface area contributed by atoms with Crippen molar-refractivity contribution < 1.29 is 83.8 Å². The Morgan fingerprint density at radius 1 is 1.16 bits per heavy atom. The zero-order chi connectivity index (χ0) is 13.2. The summed E-state index contributed by atoms with van der Waals surface area (Å²) in [5.41, 5.74) is -1.25. The number of aliphatic carboxylic acids is 2. The number of carbonyl (C=O) groups excluding carboxylic acids is 2. The summed E-state index contributed by atoms with van der Waals surface area (Å²) in [4.78, 5) is 30.9. The number of nitrogens with zero attached hydrogens (tertiary/aromatic N) is 1. The molecule has 1 aromatic carbocycles. The molecule has 0 amide bonds. The Kier molecular flexibility index (Phi) is 9.92. The maximum absolute atomic E-state index is 10.6. The molecule has 0 saturated carbocycles. The van der Waals surface area contributed by atoms with E-state index in [-0.39, 0.29) is 64.1 Å². The van der Waals surface area contributed by atoms with Crippen molar-refractivity contribution in [2.24, 2.45) is 0 Å². The molecule has 0 radical (unpaired) electrons.